The number of esters is 1. The molecule has 1 aromatic carbocycles. The molecule has 1 aromatic rings. The molecule has 0 bridgehead atoms. The maximum Gasteiger partial charge on any atom is 0.308 e. The molecule has 0 spiro atoms. The molecule has 0 aromatic heterocycles. The number of hydrogen-bond donors (Lipinski definition) is 0. The average Bonchev–Trinajstić information content (AvgIpc) is 2.87. The van der Waals surface area contributed by atoms with E-state index in [1.54, 1.807) is 7.11 Å². The average molecular weight is 252 g/mol. The minimum atomic E-state index is -0.425. The highest BCUT2D eigenvalue weighted by atomic mass is 16.7. The van der Waals surface area contributed by atoms with E-state index in [0.717, 1.165) is 11.3 Å². The van der Waals surface area contributed by atoms with Gasteiger partial charge >= 0.3 is 5.97 Å². The Hall–Kier alpha value is -1.59. The fourth-order valence-electron chi connectivity index (χ4n) is 1.76. The molecule has 1 saturated heterocycles. The smallest absolute Gasteiger partial charge is 0.308 e. The van der Waals surface area contributed by atoms with Crippen molar-refractivity contribution < 1.29 is 23.7 Å². The number of carbonyl (C=O) groups excluding carboxylic acids is 1. The van der Waals surface area contributed by atoms with Gasteiger partial charge in [0, 0.05) is 5.56 Å². The molecule has 2 atom stereocenters. The molecule has 0 saturated carbocycles. The second-order valence-electron chi connectivity index (χ2n) is 3.98. The molecule has 0 radical (unpaired) electrons. The van der Waals surface area contributed by atoms with E-state index in [9.17, 15) is 4.79 Å². The lowest BCUT2D eigenvalue weighted by molar-refractivity contribution is -0.143. The van der Waals surface area contributed by atoms with Gasteiger partial charge in [-0.05, 0) is 12.1 Å². The molecule has 18 heavy (non-hydrogen) atoms. The predicted molar refractivity (Wildman–Crippen MR) is 63.2 cm³/mol. The first-order valence-electron chi connectivity index (χ1n) is 5.70. The van der Waals surface area contributed by atoms with E-state index in [0.29, 0.717) is 6.61 Å². The summed E-state index contributed by atoms with van der Waals surface area (Å²) >= 11 is 0. The topological polar surface area (TPSA) is 54.0 Å². The first-order valence-corrected chi connectivity index (χ1v) is 5.70. The second kappa shape index (κ2) is 5.84. The quantitative estimate of drug-likeness (QED) is 0.763. The lowest BCUT2D eigenvalue weighted by Gasteiger charge is -2.11. The zero-order valence-corrected chi connectivity index (χ0v) is 10.4. The monoisotopic (exact) mass is 252 g/mol. The van der Waals surface area contributed by atoms with Crippen LogP contribution in [0.2, 0.25) is 0 Å². The highest BCUT2D eigenvalue weighted by Gasteiger charge is 2.29. The fourth-order valence-corrected chi connectivity index (χ4v) is 1.76. The number of ether oxygens (including phenoxy) is 4. The van der Waals surface area contributed by atoms with Gasteiger partial charge in [-0.1, -0.05) is 12.1 Å². The van der Waals surface area contributed by atoms with Gasteiger partial charge in [0.05, 0.1) is 33.4 Å². The first-order chi connectivity index (χ1) is 8.72. The SMILES string of the molecule is COC(=O)C[C@H]1COC(c2ccc(OC)cc2)O1. The minimum absolute atomic E-state index is 0.211. The van der Waals surface area contributed by atoms with E-state index in [1.165, 1.54) is 7.11 Å². The molecular formula is C13H16O5. The summed E-state index contributed by atoms with van der Waals surface area (Å²) in [5.41, 5.74) is 0.906. The zero-order valence-electron chi connectivity index (χ0n) is 10.4. The van der Waals surface area contributed by atoms with Crippen LogP contribution < -0.4 is 4.74 Å². The van der Waals surface area contributed by atoms with Crippen molar-refractivity contribution in [3.63, 3.8) is 0 Å². The maximum atomic E-state index is 11.1. The van der Waals surface area contributed by atoms with Crippen LogP contribution in [0.4, 0.5) is 0 Å². The molecule has 5 heteroatoms. The highest BCUT2D eigenvalue weighted by molar-refractivity contribution is 5.69. The number of methoxy groups -OCH3 is 2. The highest BCUT2D eigenvalue weighted by Crippen LogP contribution is 2.29. The Labute approximate surface area is 106 Å². The van der Waals surface area contributed by atoms with Gasteiger partial charge in [0.1, 0.15) is 5.75 Å². The number of rotatable bonds is 4. The van der Waals surface area contributed by atoms with E-state index in [1.807, 2.05) is 24.3 Å². The van der Waals surface area contributed by atoms with Gasteiger partial charge in [0.2, 0.25) is 0 Å². The van der Waals surface area contributed by atoms with Gasteiger partial charge in [0.25, 0.3) is 0 Å². The molecule has 1 aliphatic heterocycles. The van der Waals surface area contributed by atoms with Crippen LogP contribution in [-0.4, -0.2) is 32.9 Å². The summed E-state index contributed by atoms with van der Waals surface area (Å²) in [6.07, 6.45) is -0.460. The van der Waals surface area contributed by atoms with E-state index in [2.05, 4.69) is 4.74 Å². The standard InChI is InChI=1S/C13H16O5/c1-15-10-5-3-9(4-6-10)13-17-8-11(18-13)7-12(14)16-2/h3-6,11,13H,7-8H2,1-2H3/t11-,13?/m0/s1. The molecule has 2 rings (SSSR count). The zero-order chi connectivity index (χ0) is 13.0. The van der Waals surface area contributed by atoms with E-state index in [4.69, 9.17) is 14.2 Å². The third kappa shape index (κ3) is 3.00. The fraction of sp³-hybridized carbons (Fsp3) is 0.462. The van der Waals surface area contributed by atoms with Crippen molar-refractivity contribution in [2.24, 2.45) is 0 Å². The Morgan fingerprint density at radius 1 is 1.33 bits per heavy atom. The largest absolute Gasteiger partial charge is 0.497 e. The third-order valence-electron chi connectivity index (χ3n) is 2.76. The van der Waals surface area contributed by atoms with Crippen molar-refractivity contribution in [2.45, 2.75) is 18.8 Å². The van der Waals surface area contributed by atoms with Crippen molar-refractivity contribution in [1.29, 1.82) is 0 Å². The molecule has 0 amide bonds. The minimum Gasteiger partial charge on any atom is -0.497 e. The summed E-state index contributed by atoms with van der Waals surface area (Å²) in [6, 6.07) is 7.44. The number of hydrogen-bond acceptors (Lipinski definition) is 5. The summed E-state index contributed by atoms with van der Waals surface area (Å²) in [5.74, 6) is 0.488. The molecule has 1 fully saturated rings. The summed E-state index contributed by atoms with van der Waals surface area (Å²) < 4.78 is 20.8. The van der Waals surface area contributed by atoms with Crippen LogP contribution in [-0.2, 0) is 19.0 Å². The molecule has 5 nitrogen and oxygen atoms in total. The van der Waals surface area contributed by atoms with Crippen molar-refractivity contribution in [2.75, 3.05) is 20.8 Å². The van der Waals surface area contributed by atoms with Crippen molar-refractivity contribution in [1.82, 2.24) is 0 Å². The van der Waals surface area contributed by atoms with Gasteiger partial charge in [0.15, 0.2) is 6.29 Å². The van der Waals surface area contributed by atoms with E-state index >= 15 is 0 Å². The summed E-state index contributed by atoms with van der Waals surface area (Å²) in [4.78, 5) is 11.1. The summed E-state index contributed by atoms with van der Waals surface area (Å²) in [5, 5.41) is 0. The molecule has 1 aliphatic rings. The van der Waals surface area contributed by atoms with Crippen molar-refractivity contribution >= 4 is 5.97 Å². The summed E-state index contributed by atoms with van der Waals surface area (Å²) in [7, 11) is 2.98. The normalized spacial score (nSPS) is 22.8. The van der Waals surface area contributed by atoms with Crippen LogP contribution in [0.5, 0.6) is 5.75 Å². The van der Waals surface area contributed by atoms with Gasteiger partial charge < -0.3 is 18.9 Å². The van der Waals surface area contributed by atoms with Crippen LogP contribution in [0.15, 0.2) is 24.3 Å². The number of carbonyl (C=O) groups is 1. The molecule has 98 valence electrons. The Kier molecular flexibility index (Phi) is 4.17. The van der Waals surface area contributed by atoms with Crippen LogP contribution in [0.3, 0.4) is 0 Å². The predicted octanol–water partition coefficient (Wildman–Crippen LogP) is 1.67. The Balaban J connectivity index is 1.93. The number of benzene rings is 1. The molecule has 0 N–H and O–H groups in total. The lowest BCUT2D eigenvalue weighted by atomic mass is 10.2. The van der Waals surface area contributed by atoms with Crippen LogP contribution in [0.1, 0.15) is 18.3 Å². The van der Waals surface area contributed by atoms with E-state index < -0.39 is 6.29 Å². The van der Waals surface area contributed by atoms with Crippen molar-refractivity contribution in [3.8, 4) is 5.75 Å². The molecule has 0 aliphatic carbocycles. The molecule has 1 unspecified atom stereocenters. The van der Waals surface area contributed by atoms with Gasteiger partial charge in [-0.3, -0.25) is 4.79 Å². The first kappa shape index (κ1) is 12.9. The Morgan fingerprint density at radius 2 is 2.06 bits per heavy atom. The second-order valence-corrected chi connectivity index (χ2v) is 3.98. The Morgan fingerprint density at radius 3 is 2.67 bits per heavy atom. The van der Waals surface area contributed by atoms with Crippen molar-refractivity contribution in [3.05, 3.63) is 29.8 Å². The molecular weight excluding hydrogens is 236 g/mol. The maximum absolute atomic E-state index is 11.1. The Bertz CT molecular complexity index is 400. The molecule has 1 heterocycles. The summed E-state index contributed by atoms with van der Waals surface area (Å²) in [6.45, 7) is 0.395. The van der Waals surface area contributed by atoms with Crippen LogP contribution >= 0.6 is 0 Å². The third-order valence-corrected chi connectivity index (χ3v) is 2.76. The van der Waals surface area contributed by atoms with Crippen LogP contribution in [0, 0.1) is 0 Å². The van der Waals surface area contributed by atoms with Gasteiger partial charge in [-0.15, -0.1) is 0 Å². The lowest BCUT2D eigenvalue weighted by Crippen LogP contribution is -2.16. The van der Waals surface area contributed by atoms with Gasteiger partial charge in [-0.2, -0.15) is 0 Å². The van der Waals surface area contributed by atoms with Gasteiger partial charge in [-0.25, -0.2) is 0 Å². The van der Waals surface area contributed by atoms with Crippen LogP contribution in [0.25, 0.3) is 0 Å². The van der Waals surface area contributed by atoms with E-state index in [-0.39, 0.29) is 18.5 Å².